The zero-order valence-corrected chi connectivity index (χ0v) is 7.35. The van der Waals surface area contributed by atoms with Crippen molar-refractivity contribution in [3.63, 3.8) is 0 Å². The minimum absolute atomic E-state index is 0.234. The van der Waals surface area contributed by atoms with Crippen LogP contribution in [0.15, 0.2) is 11.1 Å². The fraction of sp³-hybridized carbons (Fsp3) is 0.429. The molecule has 0 aliphatic rings. The molecule has 70 valence electrons. The molecule has 0 fully saturated rings. The lowest BCUT2D eigenvalue weighted by molar-refractivity contribution is -0.135. The fourth-order valence-electron chi connectivity index (χ4n) is 0.799. The van der Waals surface area contributed by atoms with E-state index in [2.05, 4.69) is 5.10 Å². The van der Waals surface area contributed by atoms with Gasteiger partial charge in [0.05, 0.1) is 6.54 Å². The third-order valence-corrected chi connectivity index (χ3v) is 1.59. The smallest absolute Gasteiger partial charge is 0.291 e. The van der Waals surface area contributed by atoms with Gasteiger partial charge in [-0.3, -0.25) is 14.2 Å². The van der Waals surface area contributed by atoms with Gasteiger partial charge < -0.3 is 0 Å². The number of hydrogen-bond donors (Lipinski definition) is 0. The molecule has 0 saturated heterocycles. The minimum Gasteiger partial charge on any atom is -0.291 e. The van der Waals surface area contributed by atoms with E-state index in [0.29, 0.717) is 0 Å². The third-order valence-electron chi connectivity index (χ3n) is 1.59. The molecule has 0 aromatic carbocycles. The Bertz CT molecular complexity index is 401. The van der Waals surface area contributed by atoms with Gasteiger partial charge in [-0.05, 0) is 0 Å². The van der Waals surface area contributed by atoms with Crippen molar-refractivity contribution in [3.8, 4) is 0 Å². The quantitative estimate of drug-likeness (QED) is 0.548. The second-order valence-electron chi connectivity index (χ2n) is 2.64. The van der Waals surface area contributed by atoms with Crippen LogP contribution in [-0.4, -0.2) is 25.9 Å². The zero-order valence-electron chi connectivity index (χ0n) is 7.35. The number of nitrogens with zero attached hydrogens (tertiary/aromatic N) is 3. The number of carbonyl (C=O) groups excluding carboxylic acids is 2. The summed E-state index contributed by atoms with van der Waals surface area (Å²) in [6, 6.07) is 0. The van der Waals surface area contributed by atoms with Gasteiger partial charge in [-0.15, -0.1) is 0 Å². The number of Topliss-reactive ketones (excluding diaryl/α,β-unsaturated/α-hetero) is 2. The first-order valence-corrected chi connectivity index (χ1v) is 3.64. The van der Waals surface area contributed by atoms with E-state index in [4.69, 9.17) is 0 Å². The lowest BCUT2D eigenvalue weighted by Gasteiger charge is -1.94. The topological polar surface area (TPSA) is 74.0 Å². The predicted molar refractivity (Wildman–Crippen MR) is 43.2 cm³/mol. The van der Waals surface area contributed by atoms with Crippen LogP contribution in [-0.2, 0) is 23.2 Å². The van der Waals surface area contributed by atoms with E-state index in [0.717, 1.165) is 9.25 Å². The molecule has 13 heavy (non-hydrogen) atoms. The van der Waals surface area contributed by atoms with E-state index >= 15 is 0 Å². The Balaban J connectivity index is 2.87. The van der Waals surface area contributed by atoms with Crippen LogP contribution in [0.2, 0.25) is 0 Å². The highest BCUT2D eigenvalue weighted by Crippen LogP contribution is 1.82. The molecule has 1 aromatic heterocycles. The summed E-state index contributed by atoms with van der Waals surface area (Å²) in [5, 5.41) is 3.63. The number of aryl methyl sites for hydroxylation is 1. The van der Waals surface area contributed by atoms with Crippen LogP contribution in [0.25, 0.3) is 0 Å². The SMILES string of the molecule is CC(=O)C(=O)Cn1cnn(C)c1=O. The minimum atomic E-state index is -0.602. The molecule has 0 amide bonds. The van der Waals surface area contributed by atoms with Crippen molar-refractivity contribution in [1.29, 1.82) is 0 Å². The average molecular weight is 183 g/mol. The highest BCUT2D eigenvalue weighted by molar-refractivity contribution is 6.36. The second-order valence-corrected chi connectivity index (χ2v) is 2.64. The van der Waals surface area contributed by atoms with Gasteiger partial charge in [0.25, 0.3) is 0 Å². The largest absolute Gasteiger partial charge is 0.345 e. The van der Waals surface area contributed by atoms with Crippen LogP contribution in [0.4, 0.5) is 0 Å². The molecule has 0 N–H and O–H groups in total. The summed E-state index contributed by atoms with van der Waals surface area (Å²) in [4.78, 5) is 32.6. The molecular weight excluding hydrogens is 174 g/mol. The van der Waals surface area contributed by atoms with Crippen molar-refractivity contribution in [2.24, 2.45) is 7.05 Å². The van der Waals surface area contributed by atoms with Crippen LogP contribution < -0.4 is 5.69 Å². The van der Waals surface area contributed by atoms with Crippen LogP contribution in [0, 0.1) is 0 Å². The van der Waals surface area contributed by atoms with Gasteiger partial charge >= 0.3 is 5.69 Å². The second kappa shape index (κ2) is 3.34. The molecule has 1 rings (SSSR count). The summed E-state index contributed by atoms with van der Waals surface area (Å²) in [6.07, 6.45) is 1.23. The van der Waals surface area contributed by atoms with Crippen LogP contribution in [0.3, 0.4) is 0 Å². The Hall–Kier alpha value is -1.72. The number of aromatic nitrogens is 3. The van der Waals surface area contributed by atoms with Crippen LogP contribution in [0.1, 0.15) is 6.92 Å². The Morgan fingerprint density at radius 2 is 2.15 bits per heavy atom. The summed E-state index contributed by atoms with van der Waals surface area (Å²) < 4.78 is 2.18. The van der Waals surface area contributed by atoms with Gasteiger partial charge in [0.15, 0.2) is 5.78 Å². The molecule has 1 aromatic rings. The Labute approximate surface area is 73.8 Å². The first-order chi connectivity index (χ1) is 6.02. The highest BCUT2D eigenvalue weighted by Gasteiger charge is 2.10. The van der Waals surface area contributed by atoms with Crippen molar-refractivity contribution >= 4 is 11.6 Å². The van der Waals surface area contributed by atoms with Crippen molar-refractivity contribution in [2.75, 3.05) is 0 Å². The molecule has 1 heterocycles. The van der Waals surface area contributed by atoms with E-state index in [-0.39, 0.29) is 6.54 Å². The molecule has 0 bridgehead atoms. The molecule has 0 atom stereocenters. The number of rotatable bonds is 3. The summed E-state index contributed by atoms with van der Waals surface area (Å²) in [7, 11) is 1.47. The molecule has 0 unspecified atom stereocenters. The van der Waals surface area contributed by atoms with Gasteiger partial charge in [-0.25, -0.2) is 9.48 Å². The van der Waals surface area contributed by atoms with E-state index in [1.165, 1.54) is 20.3 Å². The number of ketones is 2. The van der Waals surface area contributed by atoms with Crippen molar-refractivity contribution < 1.29 is 9.59 Å². The Morgan fingerprint density at radius 3 is 2.54 bits per heavy atom. The molecule has 0 spiro atoms. The fourth-order valence-corrected chi connectivity index (χ4v) is 0.799. The summed E-state index contributed by atoms with van der Waals surface area (Å²) in [6.45, 7) is 0.936. The predicted octanol–water partition coefficient (Wildman–Crippen LogP) is -1.26. The first-order valence-electron chi connectivity index (χ1n) is 3.64. The van der Waals surface area contributed by atoms with Gasteiger partial charge in [0, 0.05) is 14.0 Å². The van der Waals surface area contributed by atoms with E-state index in [1.54, 1.807) is 0 Å². The number of hydrogen-bond acceptors (Lipinski definition) is 4. The standard InChI is InChI=1S/C7H9N3O3/c1-5(11)6(12)3-10-4-8-9(2)7(10)13/h4H,3H2,1-2H3. The van der Waals surface area contributed by atoms with E-state index < -0.39 is 17.3 Å². The Morgan fingerprint density at radius 1 is 1.54 bits per heavy atom. The van der Waals surface area contributed by atoms with Gasteiger partial charge in [-0.2, -0.15) is 5.10 Å². The summed E-state index contributed by atoms with van der Waals surface area (Å²) in [5.74, 6) is -1.16. The maximum atomic E-state index is 11.1. The molecule has 0 saturated carbocycles. The summed E-state index contributed by atoms with van der Waals surface area (Å²) >= 11 is 0. The summed E-state index contributed by atoms with van der Waals surface area (Å²) in [5.41, 5.74) is -0.408. The van der Waals surface area contributed by atoms with E-state index in [1.807, 2.05) is 0 Å². The lowest BCUT2D eigenvalue weighted by atomic mass is 10.3. The molecule has 6 heteroatoms. The molecule has 0 radical (unpaired) electrons. The molecule has 0 aliphatic heterocycles. The third kappa shape index (κ3) is 1.90. The van der Waals surface area contributed by atoms with E-state index in [9.17, 15) is 14.4 Å². The molecule has 6 nitrogen and oxygen atoms in total. The van der Waals surface area contributed by atoms with Crippen molar-refractivity contribution in [3.05, 3.63) is 16.8 Å². The normalized spacial score (nSPS) is 10.0. The molecular formula is C7H9N3O3. The average Bonchev–Trinajstić information content (AvgIpc) is 2.36. The maximum absolute atomic E-state index is 11.1. The zero-order chi connectivity index (χ0) is 10.0. The van der Waals surface area contributed by atoms with Gasteiger partial charge in [0.2, 0.25) is 5.78 Å². The van der Waals surface area contributed by atoms with Crippen LogP contribution >= 0.6 is 0 Å². The van der Waals surface area contributed by atoms with Gasteiger partial charge in [0.1, 0.15) is 6.33 Å². The maximum Gasteiger partial charge on any atom is 0.345 e. The van der Waals surface area contributed by atoms with Crippen LogP contribution in [0.5, 0.6) is 0 Å². The van der Waals surface area contributed by atoms with Crippen molar-refractivity contribution in [1.82, 2.24) is 14.3 Å². The number of carbonyl (C=O) groups is 2. The molecule has 0 aliphatic carbocycles. The highest BCUT2D eigenvalue weighted by atomic mass is 16.2. The van der Waals surface area contributed by atoms with Gasteiger partial charge in [-0.1, -0.05) is 0 Å². The van der Waals surface area contributed by atoms with Crippen molar-refractivity contribution in [2.45, 2.75) is 13.5 Å². The first kappa shape index (κ1) is 9.37. The Kier molecular flexibility index (Phi) is 2.41. The lowest BCUT2D eigenvalue weighted by Crippen LogP contribution is -2.27. The monoisotopic (exact) mass is 183 g/mol.